The van der Waals surface area contributed by atoms with Crippen molar-refractivity contribution >= 4 is 54.0 Å². The van der Waals surface area contributed by atoms with E-state index in [0.29, 0.717) is 4.88 Å². The molecule has 0 atom stereocenters. The first-order chi connectivity index (χ1) is 10.6. The van der Waals surface area contributed by atoms with Crippen LogP contribution in [0.4, 0.5) is 0 Å². The van der Waals surface area contributed by atoms with Gasteiger partial charge in [0.1, 0.15) is 4.88 Å². The molecule has 0 bridgehead atoms. The summed E-state index contributed by atoms with van der Waals surface area (Å²) >= 11 is 6.58. The molecule has 2 rings (SSSR count). The normalized spacial score (nSPS) is 11.4. The second-order valence-electron chi connectivity index (χ2n) is 5.68. The highest BCUT2D eigenvalue weighted by Gasteiger charge is 2.20. The fourth-order valence-electron chi connectivity index (χ4n) is 2.73. The molecule has 0 saturated carbocycles. The van der Waals surface area contributed by atoms with E-state index in [1.54, 1.807) is 11.3 Å². The van der Waals surface area contributed by atoms with E-state index in [1.165, 1.54) is 56.3 Å². The second kappa shape index (κ2) is 9.04. The van der Waals surface area contributed by atoms with E-state index in [4.69, 9.17) is 0 Å². The number of unbranched alkanes of at least 4 members (excludes halogenated alkanes) is 7. The van der Waals surface area contributed by atoms with Crippen LogP contribution in [0.15, 0.2) is 9.85 Å². The highest BCUT2D eigenvalue weighted by molar-refractivity contribution is 9.10. The van der Waals surface area contributed by atoms with Gasteiger partial charge in [-0.1, -0.05) is 51.9 Å². The monoisotopic (exact) mass is 402 g/mol. The average molecular weight is 403 g/mol. The smallest absolute Gasteiger partial charge is 0.346 e. The number of carboxylic acids is 1. The molecule has 0 aliphatic heterocycles. The lowest BCUT2D eigenvalue weighted by Crippen LogP contribution is -1.97. The van der Waals surface area contributed by atoms with Crippen molar-refractivity contribution in [1.29, 1.82) is 0 Å². The summed E-state index contributed by atoms with van der Waals surface area (Å²) in [4.78, 5) is 12.0. The summed E-state index contributed by atoms with van der Waals surface area (Å²) in [6, 6.07) is 0. The number of hydrogen-bond acceptors (Lipinski definition) is 3. The molecule has 5 heteroatoms. The Morgan fingerprint density at radius 2 is 1.73 bits per heavy atom. The minimum atomic E-state index is -0.783. The Kier molecular flexibility index (Phi) is 7.38. The van der Waals surface area contributed by atoms with E-state index in [-0.39, 0.29) is 0 Å². The second-order valence-corrected chi connectivity index (χ2v) is 8.44. The van der Waals surface area contributed by atoms with Gasteiger partial charge < -0.3 is 5.11 Å². The van der Waals surface area contributed by atoms with E-state index in [0.717, 1.165) is 32.3 Å². The van der Waals surface area contributed by atoms with Gasteiger partial charge in [-0.05, 0) is 34.3 Å². The number of carbonyl (C=O) groups is 1. The number of halogens is 1. The van der Waals surface area contributed by atoms with Gasteiger partial charge in [0, 0.05) is 9.85 Å². The minimum absolute atomic E-state index is 0.533. The van der Waals surface area contributed by atoms with Gasteiger partial charge in [0.25, 0.3) is 0 Å². The lowest BCUT2D eigenvalue weighted by molar-refractivity contribution is 0.0701. The number of fused-ring (bicyclic) bond motifs is 1. The van der Waals surface area contributed by atoms with E-state index in [1.807, 2.05) is 0 Å². The summed E-state index contributed by atoms with van der Waals surface area (Å²) in [6.45, 7) is 2.24. The van der Waals surface area contributed by atoms with Crippen molar-refractivity contribution in [2.24, 2.45) is 0 Å². The fraction of sp³-hybridized carbons (Fsp3) is 0.588. The van der Waals surface area contributed by atoms with Crippen molar-refractivity contribution in [3.63, 3.8) is 0 Å². The average Bonchev–Trinajstić information content (AvgIpc) is 3.03. The van der Waals surface area contributed by atoms with Crippen LogP contribution in [-0.4, -0.2) is 11.1 Å². The zero-order valence-corrected chi connectivity index (χ0v) is 16.2. The third-order valence-corrected chi connectivity index (χ3v) is 7.54. The predicted octanol–water partition coefficient (Wildman–Crippen LogP) is 7.11. The number of hydrogen-bond donors (Lipinski definition) is 1. The van der Waals surface area contributed by atoms with Crippen molar-refractivity contribution in [2.75, 3.05) is 0 Å². The Morgan fingerprint density at radius 3 is 2.36 bits per heavy atom. The SMILES string of the molecule is CCCCCCCCCCc1c(C(=O)O)sc2c(Br)csc12. The summed E-state index contributed by atoms with van der Waals surface area (Å²) in [6.07, 6.45) is 11.1. The maximum atomic E-state index is 11.4. The van der Waals surface area contributed by atoms with Crippen LogP contribution in [0.2, 0.25) is 0 Å². The molecular weight excluding hydrogens is 380 g/mol. The summed E-state index contributed by atoms with van der Waals surface area (Å²) in [5.41, 5.74) is 1.05. The summed E-state index contributed by atoms with van der Waals surface area (Å²) in [5.74, 6) is -0.783. The molecule has 0 spiro atoms. The van der Waals surface area contributed by atoms with Crippen molar-refractivity contribution < 1.29 is 9.90 Å². The Morgan fingerprint density at radius 1 is 1.09 bits per heavy atom. The van der Waals surface area contributed by atoms with Gasteiger partial charge in [-0.3, -0.25) is 0 Å². The minimum Gasteiger partial charge on any atom is -0.477 e. The quantitative estimate of drug-likeness (QED) is 0.429. The van der Waals surface area contributed by atoms with Crippen molar-refractivity contribution in [3.8, 4) is 0 Å². The predicted molar refractivity (Wildman–Crippen MR) is 101 cm³/mol. The first-order valence-electron chi connectivity index (χ1n) is 8.06. The van der Waals surface area contributed by atoms with Crippen LogP contribution in [0.1, 0.15) is 73.5 Å². The van der Waals surface area contributed by atoms with Crippen LogP contribution in [0.5, 0.6) is 0 Å². The number of rotatable bonds is 10. The van der Waals surface area contributed by atoms with Crippen molar-refractivity contribution in [2.45, 2.75) is 64.7 Å². The van der Waals surface area contributed by atoms with Crippen LogP contribution in [0.3, 0.4) is 0 Å². The summed E-state index contributed by atoms with van der Waals surface area (Å²) < 4.78 is 3.29. The highest BCUT2D eigenvalue weighted by atomic mass is 79.9. The standard InChI is InChI=1S/C17H23BrO2S2/c1-2-3-4-5-6-7-8-9-10-12-14-16(13(18)11-21-14)22-15(12)17(19)20/h11H,2-10H2,1H3,(H,19,20). The topological polar surface area (TPSA) is 37.3 Å². The maximum Gasteiger partial charge on any atom is 0.346 e. The maximum absolute atomic E-state index is 11.4. The number of thiophene rings is 2. The molecule has 122 valence electrons. The first kappa shape index (κ1) is 18.0. The van der Waals surface area contributed by atoms with Crippen molar-refractivity contribution in [3.05, 3.63) is 20.3 Å². The Hall–Kier alpha value is -0.390. The molecule has 2 nitrogen and oxygen atoms in total. The third kappa shape index (κ3) is 4.56. The van der Waals surface area contributed by atoms with Crippen LogP contribution < -0.4 is 0 Å². The lowest BCUT2D eigenvalue weighted by atomic mass is 10.0. The largest absolute Gasteiger partial charge is 0.477 e. The zero-order valence-electron chi connectivity index (χ0n) is 13.0. The van der Waals surface area contributed by atoms with Gasteiger partial charge in [-0.15, -0.1) is 22.7 Å². The molecule has 0 aromatic carbocycles. The third-order valence-electron chi connectivity index (χ3n) is 3.93. The molecule has 0 amide bonds. The number of aryl methyl sites for hydroxylation is 1. The van der Waals surface area contributed by atoms with E-state index in [2.05, 4.69) is 28.2 Å². The van der Waals surface area contributed by atoms with Crippen LogP contribution in [-0.2, 0) is 6.42 Å². The molecule has 22 heavy (non-hydrogen) atoms. The van der Waals surface area contributed by atoms with Crippen LogP contribution in [0.25, 0.3) is 9.40 Å². The molecule has 2 heterocycles. The lowest BCUT2D eigenvalue weighted by Gasteiger charge is -2.03. The van der Waals surface area contributed by atoms with E-state index < -0.39 is 5.97 Å². The Bertz CT molecular complexity index is 615. The first-order valence-corrected chi connectivity index (χ1v) is 10.6. The number of carboxylic acid groups (broad SMARTS) is 1. The zero-order chi connectivity index (χ0) is 15.9. The molecule has 2 aromatic rings. The molecule has 1 N–H and O–H groups in total. The molecule has 0 unspecified atom stereocenters. The molecule has 0 radical (unpaired) electrons. The van der Waals surface area contributed by atoms with Gasteiger partial charge in [0.15, 0.2) is 0 Å². The van der Waals surface area contributed by atoms with Crippen molar-refractivity contribution in [1.82, 2.24) is 0 Å². The van der Waals surface area contributed by atoms with Gasteiger partial charge in [-0.25, -0.2) is 4.79 Å². The molecule has 0 saturated heterocycles. The van der Waals surface area contributed by atoms with Crippen LogP contribution in [0, 0.1) is 0 Å². The fourth-order valence-corrected chi connectivity index (χ4v) is 5.89. The molecular formula is C17H23BrO2S2. The van der Waals surface area contributed by atoms with Crippen LogP contribution >= 0.6 is 38.6 Å². The summed E-state index contributed by atoms with van der Waals surface area (Å²) in [5, 5.41) is 11.5. The van der Waals surface area contributed by atoms with Gasteiger partial charge in [-0.2, -0.15) is 0 Å². The molecule has 0 aliphatic rings. The summed E-state index contributed by atoms with van der Waals surface area (Å²) in [7, 11) is 0. The Balaban J connectivity index is 1.86. The number of aromatic carboxylic acids is 1. The molecule has 0 fully saturated rings. The van der Waals surface area contributed by atoms with E-state index in [9.17, 15) is 9.90 Å². The van der Waals surface area contributed by atoms with Gasteiger partial charge in [0.2, 0.25) is 0 Å². The highest BCUT2D eigenvalue weighted by Crippen LogP contribution is 2.41. The molecule has 2 aromatic heterocycles. The van der Waals surface area contributed by atoms with Gasteiger partial charge >= 0.3 is 5.97 Å². The van der Waals surface area contributed by atoms with Gasteiger partial charge in [0.05, 0.1) is 9.40 Å². The molecule has 0 aliphatic carbocycles. The van der Waals surface area contributed by atoms with E-state index >= 15 is 0 Å². The Labute approximate surface area is 148 Å².